The molecule has 0 saturated carbocycles. The molecule has 0 aliphatic carbocycles. The number of halogens is 1. The topological polar surface area (TPSA) is 91.3 Å². The Bertz CT molecular complexity index is 662. The van der Waals surface area contributed by atoms with Crippen LogP contribution in [0.2, 0.25) is 0 Å². The van der Waals surface area contributed by atoms with Crippen LogP contribution in [-0.2, 0) is 22.6 Å². The monoisotopic (exact) mass is 317 g/mol. The Hall–Kier alpha value is -2.80. The van der Waals surface area contributed by atoms with Gasteiger partial charge in [0, 0.05) is 18.9 Å². The molecule has 0 saturated heterocycles. The Morgan fingerprint density at radius 2 is 1.87 bits per heavy atom. The van der Waals surface area contributed by atoms with Crippen molar-refractivity contribution in [2.75, 3.05) is 0 Å². The number of carbonyl (C=O) groups is 2. The fraction of sp³-hybridized carbons (Fsp3) is 0.188. The molecule has 0 fully saturated rings. The normalized spacial score (nSPS) is 11.6. The summed E-state index contributed by atoms with van der Waals surface area (Å²) >= 11 is 0. The summed E-state index contributed by atoms with van der Waals surface area (Å²) < 4.78 is 12.9. The highest BCUT2D eigenvalue weighted by Gasteiger charge is 2.26. The summed E-state index contributed by atoms with van der Waals surface area (Å²) in [6, 6.07) is 8.99. The zero-order valence-electron chi connectivity index (χ0n) is 12.2. The number of pyridine rings is 1. The first kappa shape index (κ1) is 16.6. The number of nitrogens with one attached hydrogen (secondary N) is 2. The summed E-state index contributed by atoms with van der Waals surface area (Å²) in [5.74, 6) is -2.89. The second-order valence-corrected chi connectivity index (χ2v) is 4.94. The third-order valence-electron chi connectivity index (χ3n) is 3.29. The molecule has 7 heteroatoms. The molecule has 6 nitrogen and oxygen atoms in total. The van der Waals surface area contributed by atoms with Gasteiger partial charge in [0.1, 0.15) is 11.7 Å². The Morgan fingerprint density at radius 3 is 2.48 bits per heavy atom. The molecule has 2 aromatic rings. The molecule has 0 radical (unpaired) electrons. The maximum atomic E-state index is 12.9. The summed E-state index contributed by atoms with van der Waals surface area (Å²) in [4.78, 5) is 27.9. The summed E-state index contributed by atoms with van der Waals surface area (Å²) in [6.07, 6.45) is 3.26. The van der Waals surface area contributed by atoms with Crippen LogP contribution in [0, 0.1) is 11.7 Å². The molecule has 1 aromatic carbocycles. The largest absolute Gasteiger partial charge is 0.351 e. The van der Waals surface area contributed by atoms with Crippen molar-refractivity contribution >= 4 is 11.8 Å². The van der Waals surface area contributed by atoms with E-state index in [0.717, 1.165) is 5.56 Å². The fourth-order valence-electron chi connectivity index (χ4n) is 2.05. The van der Waals surface area contributed by atoms with Gasteiger partial charge in [-0.25, -0.2) is 9.87 Å². The summed E-state index contributed by atoms with van der Waals surface area (Å²) in [5.41, 5.74) is 2.88. The molecule has 120 valence electrons. The predicted octanol–water partition coefficient (Wildman–Crippen LogP) is 1.20. The van der Waals surface area contributed by atoms with E-state index < -0.39 is 23.5 Å². The van der Waals surface area contributed by atoms with Gasteiger partial charge < -0.3 is 5.32 Å². The quantitative estimate of drug-likeness (QED) is 0.424. The van der Waals surface area contributed by atoms with Gasteiger partial charge in [-0.2, -0.15) is 0 Å². The molecule has 0 bridgehead atoms. The molecule has 23 heavy (non-hydrogen) atoms. The maximum Gasteiger partial charge on any atom is 0.256 e. The highest BCUT2D eigenvalue weighted by molar-refractivity contribution is 6.00. The van der Waals surface area contributed by atoms with Crippen LogP contribution < -0.4 is 10.8 Å². The van der Waals surface area contributed by atoms with Crippen LogP contribution in [0.25, 0.3) is 0 Å². The Morgan fingerprint density at radius 1 is 1.13 bits per heavy atom. The highest BCUT2D eigenvalue weighted by Crippen LogP contribution is 2.11. The fourth-order valence-corrected chi connectivity index (χ4v) is 2.05. The Balaban J connectivity index is 2.03. The zero-order chi connectivity index (χ0) is 16.7. The zero-order valence-corrected chi connectivity index (χ0v) is 12.2. The van der Waals surface area contributed by atoms with Crippen molar-refractivity contribution in [3.8, 4) is 0 Å². The summed E-state index contributed by atoms with van der Waals surface area (Å²) in [6.45, 7) is 0.214. The molecule has 1 heterocycles. The lowest BCUT2D eigenvalue weighted by molar-refractivity contribution is -0.140. The SMILES string of the molecule is O=C(NO)C(Cc1ccc(F)cc1)C(=O)NCc1cccnc1. The van der Waals surface area contributed by atoms with Crippen LogP contribution in [0.1, 0.15) is 11.1 Å². The van der Waals surface area contributed by atoms with Gasteiger partial charge in [0.15, 0.2) is 0 Å². The third-order valence-corrected chi connectivity index (χ3v) is 3.29. The lowest BCUT2D eigenvalue weighted by Crippen LogP contribution is -2.41. The highest BCUT2D eigenvalue weighted by atomic mass is 19.1. The van der Waals surface area contributed by atoms with Gasteiger partial charge >= 0.3 is 0 Å². The van der Waals surface area contributed by atoms with Crippen molar-refractivity contribution < 1.29 is 19.2 Å². The first-order chi connectivity index (χ1) is 11.1. The van der Waals surface area contributed by atoms with Crippen molar-refractivity contribution in [1.82, 2.24) is 15.8 Å². The summed E-state index contributed by atoms with van der Waals surface area (Å²) in [5, 5.41) is 11.4. The van der Waals surface area contributed by atoms with Crippen molar-refractivity contribution in [3.05, 3.63) is 65.7 Å². The average molecular weight is 317 g/mol. The standard InChI is InChI=1S/C16H16FN3O3/c17-13-5-3-11(4-6-13)8-14(16(22)20-23)15(21)19-10-12-2-1-7-18-9-12/h1-7,9,14,23H,8,10H2,(H,19,21)(H,20,22). The van der Waals surface area contributed by atoms with Gasteiger partial charge in [0.05, 0.1) is 0 Å². The molecular formula is C16H16FN3O3. The van der Waals surface area contributed by atoms with Crippen LogP contribution in [0.15, 0.2) is 48.8 Å². The minimum atomic E-state index is -1.12. The van der Waals surface area contributed by atoms with Crippen molar-refractivity contribution in [2.24, 2.45) is 5.92 Å². The maximum absolute atomic E-state index is 12.9. The number of carbonyl (C=O) groups excluding carboxylic acids is 2. The van der Waals surface area contributed by atoms with Crippen LogP contribution in [-0.4, -0.2) is 22.0 Å². The number of nitrogens with zero attached hydrogens (tertiary/aromatic N) is 1. The number of hydroxylamine groups is 1. The second-order valence-electron chi connectivity index (χ2n) is 4.94. The minimum absolute atomic E-state index is 0.0472. The van der Waals surface area contributed by atoms with Crippen LogP contribution >= 0.6 is 0 Å². The van der Waals surface area contributed by atoms with E-state index >= 15 is 0 Å². The van der Waals surface area contributed by atoms with Crippen molar-refractivity contribution in [1.29, 1.82) is 0 Å². The Labute approximate surface area is 132 Å². The average Bonchev–Trinajstić information content (AvgIpc) is 2.59. The van der Waals surface area contributed by atoms with Crippen LogP contribution in [0.4, 0.5) is 4.39 Å². The van der Waals surface area contributed by atoms with Crippen LogP contribution in [0.3, 0.4) is 0 Å². The molecule has 0 spiro atoms. The number of aromatic nitrogens is 1. The molecule has 1 unspecified atom stereocenters. The number of hydrogen-bond donors (Lipinski definition) is 3. The first-order valence-electron chi connectivity index (χ1n) is 6.95. The number of hydrogen-bond acceptors (Lipinski definition) is 4. The van der Waals surface area contributed by atoms with E-state index in [1.54, 1.807) is 24.5 Å². The molecule has 0 aliphatic heterocycles. The van der Waals surface area contributed by atoms with Crippen molar-refractivity contribution in [2.45, 2.75) is 13.0 Å². The molecule has 1 aromatic heterocycles. The van der Waals surface area contributed by atoms with Gasteiger partial charge in [-0.15, -0.1) is 0 Å². The van der Waals surface area contributed by atoms with Gasteiger partial charge in [-0.05, 0) is 35.7 Å². The first-order valence-corrected chi connectivity index (χ1v) is 6.95. The molecule has 1 atom stereocenters. The van der Waals surface area contributed by atoms with E-state index in [1.165, 1.54) is 29.7 Å². The molecule has 0 aliphatic rings. The second kappa shape index (κ2) is 8.00. The predicted molar refractivity (Wildman–Crippen MR) is 79.6 cm³/mol. The van der Waals surface area contributed by atoms with Gasteiger partial charge in [-0.1, -0.05) is 18.2 Å². The van der Waals surface area contributed by atoms with Crippen molar-refractivity contribution in [3.63, 3.8) is 0 Å². The number of rotatable bonds is 6. The molecule has 2 rings (SSSR count). The van der Waals surface area contributed by atoms with Gasteiger partial charge in [0.25, 0.3) is 5.91 Å². The van der Waals surface area contributed by atoms with Crippen LogP contribution in [0.5, 0.6) is 0 Å². The van der Waals surface area contributed by atoms with E-state index in [1.807, 2.05) is 0 Å². The van der Waals surface area contributed by atoms with Gasteiger partial charge in [0.2, 0.25) is 5.91 Å². The van der Waals surface area contributed by atoms with E-state index in [4.69, 9.17) is 5.21 Å². The van der Waals surface area contributed by atoms with E-state index in [0.29, 0.717) is 5.56 Å². The summed E-state index contributed by atoms with van der Waals surface area (Å²) in [7, 11) is 0. The smallest absolute Gasteiger partial charge is 0.256 e. The minimum Gasteiger partial charge on any atom is -0.351 e. The molecule has 2 amide bonds. The van der Waals surface area contributed by atoms with Gasteiger partial charge in [-0.3, -0.25) is 19.8 Å². The van der Waals surface area contributed by atoms with E-state index in [9.17, 15) is 14.0 Å². The third kappa shape index (κ3) is 4.86. The number of amides is 2. The molecular weight excluding hydrogens is 301 g/mol. The molecule has 3 N–H and O–H groups in total. The lowest BCUT2D eigenvalue weighted by atomic mass is 9.97. The Kier molecular flexibility index (Phi) is 5.76. The van der Waals surface area contributed by atoms with E-state index in [2.05, 4.69) is 10.3 Å². The number of benzene rings is 1. The lowest BCUT2D eigenvalue weighted by Gasteiger charge is -2.15. The van der Waals surface area contributed by atoms with E-state index in [-0.39, 0.29) is 13.0 Å².